The van der Waals surface area contributed by atoms with Crippen molar-refractivity contribution in [2.75, 3.05) is 5.73 Å². The van der Waals surface area contributed by atoms with Gasteiger partial charge < -0.3 is 5.73 Å². The molecule has 1 heterocycles. The first-order valence-corrected chi connectivity index (χ1v) is 9.61. The van der Waals surface area contributed by atoms with E-state index in [9.17, 15) is 0 Å². The number of rotatable bonds is 5. The number of nitrogens with two attached hydrogens (primary N) is 1. The number of benzene rings is 3. The van der Waals surface area contributed by atoms with Crippen molar-refractivity contribution in [2.24, 2.45) is 0 Å². The van der Waals surface area contributed by atoms with Crippen molar-refractivity contribution in [1.29, 1.82) is 0 Å². The lowest BCUT2D eigenvalue weighted by molar-refractivity contribution is 0.799. The fourth-order valence-electron chi connectivity index (χ4n) is 3.77. The minimum atomic E-state index is 0.584. The Morgan fingerprint density at radius 1 is 0.741 bits per heavy atom. The molecule has 27 heavy (non-hydrogen) atoms. The van der Waals surface area contributed by atoms with E-state index in [0.717, 1.165) is 23.1 Å². The van der Waals surface area contributed by atoms with Crippen molar-refractivity contribution in [3.8, 4) is 22.3 Å². The minimum Gasteiger partial charge on any atom is -0.383 e. The van der Waals surface area contributed by atoms with Crippen LogP contribution in [0.4, 0.5) is 5.82 Å². The molecule has 0 saturated heterocycles. The van der Waals surface area contributed by atoms with E-state index in [-0.39, 0.29) is 0 Å². The Morgan fingerprint density at radius 2 is 1.37 bits per heavy atom. The number of nitrogen functional groups attached to an aromatic ring is 1. The van der Waals surface area contributed by atoms with Gasteiger partial charge in [0.05, 0.1) is 5.52 Å². The van der Waals surface area contributed by atoms with E-state index < -0.39 is 0 Å². The first-order chi connectivity index (χ1) is 13.3. The Morgan fingerprint density at radius 3 is 2.00 bits per heavy atom. The average Bonchev–Trinajstić information content (AvgIpc) is 2.72. The van der Waals surface area contributed by atoms with E-state index in [1.54, 1.807) is 0 Å². The van der Waals surface area contributed by atoms with E-state index >= 15 is 0 Å². The molecule has 2 heteroatoms. The molecule has 0 aliphatic rings. The highest BCUT2D eigenvalue weighted by molar-refractivity contribution is 6.07. The highest BCUT2D eigenvalue weighted by Gasteiger charge is 2.18. The molecule has 134 valence electrons. The number of fused-ring (bicyclic) bond motifs is 1. The van der Waals surface area contributed by atoms with Crippen LogP contribution in [0, 0.1) is 0 Å². The Balaban J connectivity index is 2.12. The van der Waals surface area contributed by atoms with Crippen molar-refractivity contribution in [2.45, 2.75) is 26.2 Å². The lowest BCUT2D eigenvalue weighted by atomic mass is 9.88. The van der Waals surface area contributed by atoms with Crippen molar-refractivity contribution in [3.63, 3.8) is 0 Å². The second kappa shape index (κ2) is 7.63. The maximum Gasteiger partial charge on any atom is 0.132 e. The van der Waals surface area contributed by atoms with E-state index in [4.69, 9.17) is 10.7 Å². The number of anilines is 1. The van der Waals surface area contributed by atoms with Crippen LogP contribution in [0.15, 0.2) is 78.9 Å². The molecule has 2 N–H and O–H groups in total. The topological polar surface area (TPSA) is 38.9 Å². The van der Waals surface area contributed by atoms with Gasteiger partial charge in [0.1, 0.15) is 5.82 Å². The summed E-state index contributed by atoms with van der Waals surface area (Å²) in [6.45, 7) is 2.23. The summed E-state index contributed by atoms with van der Waals surface area (Å²) < 4.78 is 0. The van der Waals surface area contributed by atoms with E-state index in [1.165, 1.54) is 34.9 Å². The first-order valence-electron chi connectivity index (χ1n) is 9.61. The maximum atomic E-state index is 6.50. The molecule has 0 radical (unpaired) electrons. The molecule has 1 aromatic heterocycles. The predicted molar refractivity (Wildman–Crippen MR) is 116 cm³/mol. The van der Waals surface area contributed by atoms with Crippen LogP contribution in [0.2, 0.25) is 0 Å². The summed E-state index contributed by atoms with van der Waals surface area (Å²) in [6.07, 6.45) is 3.39. The molecule has 0 unspecified atom stereocenters. The number of nitrogens with zero attached hydrogens (tertiary/aromatic N) is 1. The SMILES string of the molecule is CCCCc1cccc2nc(N)c(-c3ccccc3)c(-c3ccccc3)c12. The molecule has 0 saturated carbocycles. The van der Waals surface area contributed by atoms with Crippen molar-refractivity contribution < 1.29 is 0 Å². The fourth-order valence-corrected chi connectivity index (χ4v) is 3.77. The molecule has 0 aliphatic heterocycles. The Hall–Kier alpha value is -3.13. The van der Waals surface area contributed by atoms with Gasteiger partial charge in [0, 0.05) is 16.5 Å². The van der Waals surface area contributed by atoms with E-state index in [2.05, 4.69) is 79.7 Å². The van der Waals surface area contributed by atoms with Crippen LogP contribution >= 0.6 is 0 Å². The van der Waals surface area contributed by atoms with Crippen LogP contribution in [0.1, 0.15) is 25.3 Å². The van der Waals surface area contributed by atoms with Crippen molar-refractivity contribution in [1.82, 2.24) is 4.98 Å². The fraction of sp³-hybridized carbons (Fsp3) is 0.160. The number of pyridine rings is 1. The molecule has 4 rings (SSSR count). The van der Waals surface area contributed by atoms with Gasteiger partial charge in [-0.1, -0.05) is 86.1 Å². The van der Waals surface area contributed by atoms with Crippen LogP contribution in [-0.4, -0.2) is 4.98 Å². The van der Waals surface area contributed by atoms with Gasteiger partial charge in [-0.15, -0.1) is 0 Å². The lowest BCUT2D eigenvalue weighted by Crippen LogP contribution is -2.01. The lowest BCUT2D eigenvalue weighted by Gasteiger charge is -2.18. The third-order valence-electron chi connectivity index (χ3n) is 5.05. The smallest absolute Gasteiger partial charge is 0.132 e. The largest absolute Gasteiger partial charge is 0.383 e. The molecule has 0 amide bonds. The van der Waals surface area contributed by atoms with Crippen molar-refractivity contribution in [3.05, 3.63) is 84.4 Å². The zero-order valence-electron chi connectivity index (χ0n) is 15.7. The summed E-state index contributed by atoms with van der Waals surface area (Å²) in [6, 6.07) is 27.3. The predicted octanol–water partition coefficient (Wildman–Crippen LogP) is 6.49. The Kier molecular flexibility index (Phi) is 4.88. The second-order valence-electron chi connectivity index (χ2n) is 6.89. The van der Waals surface area contributed by atoms with Gasteiger partial charge >= 0.3 is 0 Å². The molecule has 4 aromatic rings. The zero-order valence-corrected chi connectivity index (χ0v) is 15.7. The number of unbranched alkanes of at least 4 members (excludes halogenated alkanes) is 1. The number of hydrogen-bond donors (Lipinski definition) is 1. The molecule has 2 nitrogen and oxygen atoms in total. The quantitative estimate of drug-likeness (QED) is 0.445. The summed E-state index contributed by atoms with van der Waals surface area (Å²) in [7, 11) is 0. The Bertz CT molecular complexity index is 1050. The monoisotopic (exact) mass is 352 g/mol. The van der Waals surface area contributed by atoms with Gasteiger partial charge in [-0.2, -0.15) is 0 Å². The summed E-state index contributed by atoms with van der Waals surface area (Å²) in [4.78, 5) is 4.78. The molecular weight excluding hydrogens is 328 g/mol. The summed E-state index contributed by atoms with van der Waals surface area (Å²) >= 11 is 0. The molecule has 0 fully saturated rings. The number of aromatic nitrogens is 1. The number of aryl methyl sites for hydroxylation is 1. The van der Waals surface area contributed by atoms with Crippen LogP contribution in [0.3, 0.4) is 0 Å². The highest BCUT2D eigenvalue weighted by atomic mass is 14.8. The first kappa shape index (κ1) is 17.3. The van der Waals surface area contributed by atoms with Gasteiger partial charge in [-0.25, -0.2) is 4.98 Å². The van der Waals surface area contributed by atoms with Gasteiger partial charge in [-0.3, -0.25) is 0 Å². The van der Waals surface area contributed by atoms with Crippen LogP contribution in [0.5, 0.6) is 0 Å². The van der Waals surface area contributed by atoms with E-state index in [0.29, 0.717) is 5.82 Å². The summed E-state index contributed by atoms with van der Waals surface area (Å²) in [5, 5.41) is 1.23. The van der Waals surface area contributed by atoms with Crippen LogP contribution in [-0.2, 0) is 6.42 Å². The van der Waals surface area contributed by atoms with Gasteiger partial charge in [0.25, 0.3) is 0 Å². The van der Waals surface area contributed by atoms with Crippen molar-refractivity contribution >= 4 is 16.7 Å². The van der Waals surface area contributed by atoms with Gasteiger partial charge in [-0.05, 0) is 35.6 Å². The van der Waals surface area contributed by atoms with Crippen LogP contribution in [0.25, 0.3) is 33.2 Å². The van der Waals surface area contributed by atoms with Gasteiger partial charge in [0.15, 0.2) is 0 Å². The highest BCUT2D eigenvalue weighted by Crippen LogP contribution is 2.42. The second-order valence-corrected chi connectivity index (χ2v) is 6.89. The minimum absolute atomic E-state index is 0.584. The average molecular weight is 352 g/mol. The van der Waals surface area contributed by atoms with Gasteiger partial charge in [0.2, 0.25) is 0 Å². The Labute approximate surface area is 160 Å². The standard InChI is InChI=1S/C25H24N2/c1-2-3-11-18-16-10-17-21-22(18)23(19-12-6-4-7-13-19)24(25(26)27-21)20-14-8-5-9-15-20/h4-10,12-17H,2-3,11H2,1H3,(H2,26,27). The number of hydrogen-bond acceptors (Lipinski definition) is 2. The molecule has 0 spiro atoms. The normalized spacial score (nSPS) is 11.0. The third kappa shape index (κ3) is 3.31. The molecular formula is C25H24N2. The third-order valence-corrected chi connectivity index (χ3v) is 5.05. The van der Waals surface area contributed by atoms with Crippen LogP contribution < -0.4 is 5.73 Å². The summed E-state index contributed by atoms with van der Waals surface area (Å²) in [5.41, 5.74) is 13.3. The molecule has 0 atom stereocenters. The molecule has 0 bridgehead atoms. The molecule has 0 aliphatic carbocycles. The summed E-state index contributed by atoms with van der Waals surface area (Å²) in [5.74, 6) is 0.584. The van der Waals surface area contributed by atoms with E-state index in [1.807, 2.05) is 6.07 Å². The maximum absolute atomic E-state index is 6.50. The molecule has 3 aromatic carbocycles. The zero-order chi connectivity index (χ0) is 18.6.